The second-order valence-corrected chi connectivity index (χ2v) is 5.94. The van der Waals surface area contributed by atoms with Crippen molar-refractivity contribution in [2.24, 2.45) is 0 Å². The molecule has 0 radical (unpaired) electrons. The number of hydrogen-bond donors (Lipinski definition) is 1. The number of nitrogens with zero attached hydrogens (tertiary/aromatic N) is 4. The highest BCUT2D eigenvalue weighted by molar-refractivity contribution is 5.92. The average Bonchev–Trinajstić information content (AvgIpc) is 2.65. The molecule has 1 amide bonds. The molecule has 0 atom stereocenters. The number of carbonyl (C=O) groups is 1. The lowest BCUT2D eigenvalue weighted by molar-refractivity contribution is -0.117. The molecule has 1 N–H and O–H groups in total. The van der Waals surface area contributed by atoms with E-state index in [2.05, 4.69) is 20.2 Å². The predicted molar refractivity (Wildman–Crippen MR) is 96.9 cm³/mol. The van der Waals surface area contributed by atoms with Crippen LogP contribution in [0.4, 0.5) is 15.9 Å². The number of rotatable bonds is 6. The van der Waals surface area contributed by atoms with E-state index in [-0.39, 0.29) is 18.1 Å². The molecule has 138 valence electrons. The molecule has 1 saturated heterocycles. The quantitative estimate of drug-likeness (QED) is 0.848. The maximum atomic E-state index is 13.6. The van der Waals surface area contributed by atoms with Crippen molar-refractivity contribution in [1.82, 2.24) is 14.9 Å². The molecule has 0 aliphatic carbocycles. The lowest BCUT2D eigenvalue weighted by atomic mass is 10.3. The van der Waals surface area contributed by atoms with E-state index < -0.39 is 5.82 Å². The van der Waals surface area contributed by atoms with E-state index in [4.69, 9.17) is 4.74 Å². The fourth-order valence-corrected chi connectivity index (χ4v) is 2.80. The minimum absolute atomic E-state index is 0.208. The Hall–Kier alpha value is -2.74. The lowest BCUT2D eigenvalue weighted by Gasteiger charge is -2.34. The van der Waals surface area contributed by atoms with E-state index in [0.29, 0.717) is 25.6 Å². The third-order valence-corrected chi connectivity index (χ3v) is 4.10. The largest absolute Gasteiger partial charge is 0.477 e. The zero-order chi connectivity index (χ0) is 18.4. The van der Waals surface area contributed by atoms with Gasteiger partial charge in [0.15, 0.2) is 5.82 Å². The van der Waals surface area contributed by atoms with Crippen LogP contribution in [0.5, 0.6) is 5.88 Å². The standard InChI is InChI=1S/C18H22FN5O2/c1-2-26-18-12-20-11-16(22-18)24-9-7-23(8-10-24)13-17(25)21-15-6-4-3-5-14(15)19/h3-6,11-12H,2,7-10,13H2,1H3,(H,21,25). The van der Waals surface area contributed by atoms with Crippen molar-refractivity contribution >= 4 is 17.4 Å². The van der Waals surface area contributed by atoms with Gasteiger partial charge in [0, 0.05) is 26.2 Å². The maximum absolute atomic E-state index is 13.6. The van der Waals surface area contributed by atoms with Gasteiger partial charge in [-0.05, 0) is 19.1 Å². The summed E-state index contributed by atoms with van der Waals surface area (Å²) in [6.45, 7) is 5.57. The van der Waals surface area contributed by atoms with Gasteiger partial charge in [0.1, 0.15) is 5.82 Å². The van der Waals surface area contributed by atoms with Crippen LogP contribution in [0.2, 0.25) is 0 Å². The number of anilines is 2. The van der Waals surface area contributed by atoms with E-state index in [0.717, 1.165) is 18.9 Å². The Balaban J connectivity index is 1.50. The van der Waals surface area contributed by atoms with Crippen molar-refractivity contribution in [3.05, 3.63) is 42.5 Å². The molecule has 1 aromatic carbocycles. The molecule has 0 bridgehead atoms. The van der Waals surface area contributed by atoms with Gasteiger partial charge in [0.25, 0.3) is 0 Å². The van der Waals surface area contributed by atoms with E-state index in [1.807, 2.05) is 11.8 Å². The lowest BCUT2D eigenvalue weighted by Crippen LogP contribution is -2.49. The number of para-hydroxylation sites is 1. The summed E-state index contributed by atoms with van der Waals surface area (Å²) >= 11 is 0. The van der Waals surface area contributed by atoms with Crippen LogP contribution in [0.1, 0.15) is 6.92 Å². The van der Waals surface area contributed by atoms with Crippen LogP contribution in [0.25, 0.3) is 0 Å². The summed E-state index contributed by atoms with van der Waals surface area (Å²) in [4.78, 5) is 24.9. The Morgan fingerprint density at radius 2 is 2.00 bits per heavy atom. The summed E-state index contributed by atoms with van der Waals surface area (Å²) in [7, 11) is 0. The second-order valence-electron chi connectivity index (χ2n) is 5.94. The number of hydrogen-bond acceptors (Lipinski definition) is 6. The van der Waals surface area contributed by atoms with Gasteiger partial charge < -0.3 is 15.0 Å². The van der Waals surface area contributed by atoms with E-state index in [9.17, 15) is 9.18 Å². The van der Waals surface area contributed by atoms with Gasteiger partial charge in [-0.25, -0.2) is 4.39 Å². The van der Waals surface area contributed by atoms with Crippen LogP contribution >= 0.6 is 0 Å². The van der Waals surface area contributed by atoms with E-state index in [1.165, 1.54) is 6.07 Å². The Labute approximate surface area is 151 Å². The molecule has 1 fully saturated rings. The molecule has 2 heterocycles. The zero-order valence-electron chi connectivity index (χ0n) is 14.7. The minimum atomic E-state index is -0.432. The molecule has 0 spiro atoms. The number of piperazine rings is 1. The SMILES string of the molecule is CCOc1cncc(N2CCN(CC(=O)Nc3ccccc3F)CC2)n1. The number of nitrogens with one attached hydrogen (secondary N) is 1. The van der Waals surface area contributed by atoms with Gasteiger partial charge in [-0.15, -0.1) is 0 Å². The highest BCUT2D eigenvalue weighted by Gasteiger charge is 2.20. The summed E-state index contributed by atoms with van der Waals surface area (Å²) in [6.07, 6.45) is 3.30. The Morgan fingerprint density at radius 1 is 1.23 bits per heavy atom. The van der Waals surface area contributed by atoms with Crippen molar-refractivity contribution in [3.63, 3.8) is 0 Å². The first-order valence-corrected chi connectivity index (χ1v) is 8.62. The monoisotopic (exact) mass is 359 g/mol. The smallest absolute Gasteiger partial charge is 0.238 e. The predicted octanol–water partition coefficient (Wildman–Crippen LogP) is 1.78. The fraction of sp³-hybridized carbons (Fsp3) is 0.389. The molecule has 1 aliphatic rings. The highest BCUT2D eigenvalue weighted by Crippen LogP contribution is 2.16. The number of halogens is 1. The molecule has 26 heavy (non-hydrogen) atoms. The van der Waals surface area contributed by atoms with Crippen LogP contribution in [-0.4, -0.2) is 60.1 Å². The van der Waals surface area contributed by atoms with Crippen molar-refractivity contribution in [1.29, 1.82) is 0 Å². The first kappa shape index (κ1) is 18.1. The van der Waals surface area contributed by atoms with Gasteiger partial charge in [0.2, 0.25) is 11.8 Å². The molecule has 7 nitrogen and oxygen atoms in total. The Morgan fingerprint density at radius 3 is 2.73 bits per heavy atom. The minimum Gasteiger partial charge on any atom is -0.477 e. The number of carbonyl (C=O) groups excluding carboxylic acids is 1. The van der Waals surface area contributed by atoms with Gasteiger partial charge >= 0.3 is 0 Å². The van der Waals surface area contributed by atoms with Crippen LogP contribution < -0.4 is 15.0 Å². The number of ether oxygens (including phenoxy) is 1. The van der Waals surface area contributed by atoms with Gasteiger partial charge in [-0.2, -0.15) is 4.98 Å². The maximum Gasteiger partial charge on any atom is 0.238 e. The highest BCUT2D eigenvalue weighted by atomic mass is 19.1. The summed E-state index contributed by atoms with van der Waals surface area (Å²) in [5, 5.41) is 2.61. The van der Waals surface area contributed by atoms with Gasteiger partial charge in [-0.3, -0.25) is 14.7 Å². The summed E-state index contributed by atoms with van der Waals surface area (Å²) < 4.78 is 19.0. The van der Waals surface area contributed by atoms with Crippen molar-refractivity contribution in [3.8, 4) is 5.88 Å². The number of amides is 1. The van der Waals surface area contributed by atoms with E-state index >= 15 is 0 Å². The van der Waals surface area contributed by atoms with Gasteiger partial charge in [0.05, 0.1) is 31.2 Å². The zero-order valence-corrected chi connectivity index (χ0v) is 14.7. The fourth-order valence-electron chi connectivity index (χ4n) is 2.80. The van der Waals surface area contributed by atoms with Crippen LogP contribution in [0.3, 0.4) is 0 Å². The van der Waals surface area contributed by atoms with Crippen molar-refractivity contribution in [2.75, 3.05) is 49.5 Å². The second kappa shape index (κ2) is 8.57. The van der Waals surface area contributed by atoms with E-state index in [1.54, 1.807) is 30.6 Å². The number of aromatic nitrogens is 2. The Kier molecular flexibility index (Phi) is 5.96. The first-order valence-electron chi connectivity index (χ1n) is 8.62. The van der Waals surface area contributed by atoms with Crippen LogP contribution in [0.15, 0.2) is 36.7 Å². The molecule has 1 aliphatic heterocycles. The summed E-state index contributed by atoms with van der Waals surface area (Å²) in [6, 6.07) is 6.16. The summed E-state index contributed by atoms with van der Waals surface area (Å²) in [5.74, 6) is 0.628. The van der Waals surface area contributed by atoms with Crippen LogP contribution in [0, 0.1) is 5.82 Å². The molecule has 3 rings (SSSR count). The molecule has 0 saturated carbocycles. The number of benzene rings is 1. The molecule has 0 unspecified atom stereocenters. The molecule has 2 aromatic rings. The molecular formula is C18H22FN5O2. The molecule has 1 aromatic heterocycles. The third-order valence-electron chi connectivity index (χ3n) is 4.10. The average molecular weight is 359 g/mol. The van der Waals surface area contributed by atoms with Crippen molar-refractivity contribution < 1.29 is 13.9 Å². The molecule has 8 heteroatoms. The van der Waals surface area contributed by atoms with Gasteiger partial charge in [-0.1, -0.05) is 12.1 Å². The van der Waals surface area contributed by atoms with Crippen LogP contribution in [-0.2, 0) is 4.79 Å². The Bertz CT molecular complexity index is 750. The van der Waals surface area contributed by atoms with Crippen molar-refractivity contribution in [2.45, 2.75) is 6.92 Å². The topological polar surface area (TPSA) is 70.6 Å². The molecular weight excluding hydrogens is 337 g/mol. The first-order chi connectivity index (χ1) is 12.7. The third kappa shape index (κ3) is 4.66. The summed E-state index contributed by atoms with van der Waals surface area (Å²) in [5.41, 5.74) is 0.208. The normalized spacial score (nSPS) is 14.9.